The van der Waals surface area contributed by atoms with Gasteiger partial charge in [0.2, 0.25) is 5.91 Å². The Kier molecular flexibility index (Phi) is 8.25. The third kappa shape index (κ3) is 6.44. The van der Waals surface area contributed by atoms with Crippen LogP contribution in [0.2, 0.25) is 0 Å². The third-order valence-electron chi connectivity index (χ3n) is 8.23. The Morgan fingerprint density at radius 1 is 0.956 bits per heavy atom. The zero-order valence-electron chi connectivity index (χ0n) is 25.2. The van der Waals surface area contributed by atoms with E-state index in [9.17, 15) is 4.79 Å². The Morgan fingerprint density at radius 2 is 1.80 bits per heavy atom. The van der Waals surface area contributed by atoms with Crippen molar-refractivity contribution in [2.75, 3.05) is 69.2 Å². The molecule has 6 heterocycles. The van der Waals surface area contributed by atoms with E-state index in [1.165, 1.54) is 6.33 Å². The van der Waals surface area contributed by atoms with E-state index >= 15 is 0 Å². The topological polar surface area (TPSA) is 118 Å². The molecule has 5 aromatic rings. The molecule has 4 aromatic heterocycles. The van der Waals surface area contributed by atoms with Gasteiger partial charge in [-0.2, -0.15) is 10.2 Å². The number of rotatable bonds is 8. The molecular formula is C32H36N10O3. The molecule has 0 atom stereocenters. The number of ether oxygens (including phenoxy) is 2. The minimum atomic E-state index is 0.0689. The van der Waals surface area contributed by atoms with Gasteiger partial charge in [0.15, 0.2) is 11.5 Å². The second kappa shape index (κ2) is 12.9. The number of pyridine rings is 1. The number of nitrogens with zero attached hydrogens (tertiary/aromatic N) is 9. The van der Waals surface area contributed by atoms with Crippen molar-refractivity contribution in [3.8, 4) is 11.5 Å². The van der Waals surface area contributed by atoms with Crippen LogP contribution in [0.15, 0.2) is 73.6 Å². The number of carbonyl (C=O) groups excluding carboxylic acids is 1. The maximum absolute atomic E-state index is 13.0. The van der Waals surface area contributed by atoms with Crippen LogP contribution in [0.5, 0.6) is 11.5 Å². The zero-order chi connectivity index (χ0) is 30.6. The highest BCUT2D eigenvalue weighted by molar-refractivity contribution is 5.88. The molecule has 0 radical (unpaired) electrons. The number of nitrogens with one attached hydrogen (secondary N) is 1. The first-order valence-corrected chi connectivity index (χ1v) is 15.3. The Morgan fingerprint density at radius 3 is 2.69 bits per heavy atom. The predicted octanol–water partition coefficient (Wildman–Crippen LogP) is 3.54. The fourth-order valence-corrected chi connectivity index (χ4v) is 5.82. The van der Waals surface area contributed by atoms with Gasteiger partial charge in [-0.3, -0.25) is 9.69 Å². The van der Waals surface area contributed by atoms with Crippen molar-refractivity contribution in [3.63, 3.8) is 0 Å². The number of benzene rings is 1. The van der Waals surface area contributed by atoms with Crippen LogP contribution in [0.25, 0.3) is 11.2 Å². The number of hydrogen-bond donors (Lipinski definition) is 1. The van der Waals surface area contributed by atoms with Crippen molar-refractivity contribution in [1.82, 2.24) is 39.0 Å². The molecule has 13 heteroatoms. The van der Waals surface area contributed by atoms with Gasteiger partial charge in [-0.25, -0.2) is 19.0 Å². The fourth-order valence-electron chi connectivity index (χ4n) is 5.82. The summed E-state index contributed by atoms with van der Waals surface area (Å²) in [6.45, 7) is 9.05. The van der Waals surface area contributed by atoms with E-state index in [4.69, 9.17) is 9.47 Å². The lowest BCUT2D eigenvalue weighted by Gasteiger charge is -2.25. The number of fused-ring (bicyclic) bond motifs is 2. The quantitative estimate of drug-likeness (QED) is 0.262. The Labute approximate surface area is 260 Å². The van der Waals surface area contributed by atoms with Gasteiger partial charge in [0.05, 0.1) is 18.9 Å². The van der Waals surface area contributed by atoms with E-state index in [1.807, 2.05) is 65.1 Å². The van der Waals surface area contributed by atoms with E-state index in [-0.39, 0.29) is 5.91 Å². The molecule has 45 heavy (non-hydrogen) atoms. The molecule has 232 valence electrons. The molecule has 0 spiro atoms. The summed E-state index contributed by atoms with van der Waals surface area (Å²) in [5, 5.41) is 12.1. The minimum Gasteiger partial charge on any atom is -0.457 e. The first-order chi connectivity index (χ1) is 22.1. The van der Waals surface area contributed by atoms with E-state index < -0.39 is 0 Å². The van der Waals surface area contributed by atoms with Crippen molar-refractivity contribution in [1.29, 1.82) is 0 Å². The molecule has 7 rings (SSSR count). The van der Waals surface area contributed by atoms with Gasteiger partial charge in [0.25, 0.3) is 0 Å². The molecule has 1 aromatic carbocycles. The minimum absolute atomic E-state index is 0.0689. The van der Waals surface area contributed by atoms with Gasteiger partial charge in [-0.05, 0) is 49.2 Å². The SMILES string of the molecule is Cc1cc(Nc2ncnn3ccc(N4CCCN(C(=O)/C=C/CN5CCOCC5)CC4)c23)ccc1Oc1ccn2ncnc2c1. The highest BCUT2D eigenvalue weighted by atomic mass is 16.5. The highest BCUT2D eigenvalue weighted by Crippen LogP contribution is 2.32. The Balaban J connectivity index is 1.03. The maximum atomic E-state index is 13.0. The van der Waals surface area contributed by atoms with Gasteiger partial charge < -0.3 is 24.6 Å². The van der Waals surface area contributed by atoms with Crippen LogP contribution in [-0.2, 0) is 9.53 Å². The predicted molar refractivity (Wildman–Crippen MR) is 170 cm³/mol. The number of morpholine rings is 1. The molecule has 2 fully saturated rings. The standard InChI is InChI=1S/C32H36N10O3/c1-24-20-25(5-6-28(24)45-26-7-12-41-29(21-26)33-22-35-41)37-32-31-27(8-13-42(31)36-23-34-32)39-10-3-11-40(15-14-39)30(43)4-2-9-38-16-18-44-19-17-38/h2,4-8,12-13,20-23H,3,9-11,14-19H2,1H3,(H,34,36,37)/b4-2+. The lowest BCUT2D eigenvalue weighted by molar-refractivity contribution is -0.125. The normalized spacial score (nSPS) is 16.5. The Bertz CT molecular complexity index is 1830. The number of aryl methyl sites for hydroxylation is 1. The lowest BCUT2D eigenvalue weighted by atomic mass is 10.2. The van der Waals surface area contributed by atoms with E-state index in [2.05, 4.69) is 41.3 Å². The van der Waals surface area contributed by atoms with Crippen molar-refractivity contribution in [3.05, 3.63) is 79.2 Å². The summed E-state index contributed by atoms with van der Waals surface area (Å²) in [5.74, 6) is 2.22. The van der Waals surface area contributed by atoms with Gasteiger partial charge in [0, 0.05) is 76.0 Å². The molecule has 0 unspecified atom stereocenters. The van der Waals surface area contributed by atoms with Crippen LogP contribution in [0.1, 0.15) is 12.0 Å². The largest absolute Gasteiger partial charge is 0.457 e. The van der Waals surface area contributed by atoms with E-state index in [0.717, 1.165) is 92.8 Å². The smallest absolute Gasteiger partial charge is 0.246 e. The summed E-state index contributed by atoms with van der Waals surface area (Å²) in [6.07, 6.45) is 11.4. The number of anilines is 3. The van der Waals surface area contributed by atoms with Crippen molar-refractivity contribution >= 4 is 34.3 Å². The third-order valence-corrected chi connectivity index (χ3v) is 8.23. The molecule has 2 aliphatic heterocycles. The molecule has 13 nitrogen and oxygen atoms in total. The molecule has 0 bridgehead atoms. The number of carbonyl (C=O) groups is 1. The molecular weight excluding hydrogens is 572 g/mol. The number of amides is 1. The monoisotopic (exact) mass is 608 g/mol. The first-order valence-electron chi connectivity index (χ1n) is 15.3. The van der Waals surface area contributed by atoms with E-state index in [1.54, 1.807) is 16.9 Å². The molecule has 2 aliphatic rings. The second-order valence-corrected chi connectivity index (χ2v) is 11.2. The fraction of sp³-hybridized carbons (Fsp3) is 0.344. The zero-order valence-corrected chi connectivity index (χ0v) is 25.2. The molecule has 2 saturated heterocycles. The van der Waals surface area contributed by atoms with Gasteiger partial charge in [0.1, 0.15) is 29.7 Å². The van der Waals surface area contributed by atoms with Crippen molar-refractivity contribution < 1.29 is 14.3 Å². The highest BCUT2D eigenvalue weighted by Gasteiger charge is 2.22. The van der Waals surface area contributed by atoms with E-state index in [0.29, 0.717) is 18.1 Å². The Hall–Kier alpha value is -5.01. The average molecular weight is 609 g/mol. The lowest BCUT2D eigenvalue weighted by Crippen LogP contribution is -2.36. The van der Waals surface area contributed by atoms with Crippen molar-refractivity contribution in [2.24, 2.45) is 0 Å². The van der Waals surface area contributed by atoms with Crippen LogP contribution in [-0.4, -0.2) is 104 Å². The summed E-state index contributed by atoms with van der Waals surface area (Å²) in [7, 11) is 0. The molecule has 0 aliphatic carbocycles. The summed E-state index contributed by atoms with van der Waals surface area (Å²) in [5.41, 5.74) is 4.51. The maximum Gasteiger partial charge on any atom is 0.246 e. The van der Waals surface area contributed by atoms with Crippen LogP contribution in [0, 0.1) is 6.92 Å². The van der Waals surface area contributed by atoms with Crippen LogP contribution in [0.4, 0.5) is 17.2 Å². The van der Waals surface area contributed by atoms with Gasteiger partial charge >= 0.3 is 0 Å². The summed E-state index contributed by atoms with van der Waals surface area (Å²) in [6, 6.07) is 11.7. The summed E-state index contributed by atoms with van der Waals surface area (Å²) in [4.78, 5) is 28.4. The summed E-state index contributed by atoms with van der Waals surface area (Å²) >= 11 is 0. The van der Waals surface area contributed by atoms with Crippen LogP contribution in [0.3, 0.4) is 0 Å². The number of hydrogen-bond acceptors (Lipinski definition) is 10. The average Bonchev–Trinajstić information content (AvgIpc) is 3.64. The van der Waals surface area contributed by atoms with Crippen LogP contribution < -0.4 is 15.0 Å². The van der Waals surface area contributed by atoms with Gasteiger partial charge in [-0.15, -0.1) is 0 Å². The van der Waals surface area contributed by atoms with Crippen LogP contribution >= 0.6 is 0 Å². The van der Waals surface area contributed by atoms with Crippen molar-refractivity contribution in [2.45, 2.75) is 13.3 Å². The summed E-state index contributed by atoms with van der Waals surface area (Å²) < 4.78 is 15.1. The molecule has 1 amide bonds. The van der Waals surface area contributed by atoms with Gasteiger partial charge in [-0.1, -0.05) is 6.08 Å². The molecule has 1 N–H and O–H groups in total. The second-order valence-electron chi connectivity index (χ2n) is 11.2. The first kappa shape index (κ1) is 28.7. The number of aromatic nitrogens is 6. The molecule has 0 saturated carbocycles.